The highest BCUT2D eigenvalue weighted by molar-refractivity contribution is 5.68. The quantitative estimate of drug-likeness (QED) is 0.779. The maximum absolute atomic E-state index is 11.6. The minimum atomic E-state index is -0.488. The number of hydrogen-bond acceptors (Lipinski definition) is 5. The molecule has 2 heterocycles. The van der Waals surface area contributed by atoms with Gasteiger partial charge in [0.05, 0.1) is 6.61 Å². The summed E-state index contributed by atoms with van der Waals surface area (Å²) in [4.78, 5) is 16.0. The van der Waals surface area contributed by atoms with E-state index in [9.17, 15) is 4.79 Å². The molecule has 2 aromatic rings. The highest BCUT2D eigenvalue weighted by Gasteiger charge is 2.15. The van der Waals surface area contributed by atoms with Gasteiger partial charge in [-0.1, -0.05) is 6.07 Å². The first-order valence-electron chi connectivity index (χ1n) is 9.34. The third-order valence-corrected chi connectivity index (χ3v) is 4.10. The molecule has 0 bridgehead atoms. The zero-order valence-electron chi connectivity index (χ0n) is 16.2. The number of nitrogens with one attached hydrogen (secondary N) is 2. The molecular formula is C21H27N3O3. The lowest BCUT2D eigenvalue weighted by Gasteiger charge is -2.19. The highest BCUT2D eigenvalue weighted by atomic mass is 16.6. The van der Waals surface area contributed by atoms with E-state index in [0.29, 0.717) is 13.1 Å². The molecule has 144 valence electrons. The first-order chi connectivity index (χ1) is 12.9. The number of carbonyl (C=O) groups excluding carboxylic acids is 1. The number of hydrogen-bond donors (Lipinski definition) is 2. The number of rotatable bonds is 5. The van der Waals surface area contributed by atoms with E-state index < -0.39 is 11.7 Å². The van der Waals surface area contributed by atoms with Crippen molar-refractivity contribution < 1.29 is 14.3 Å². The molecule has 2 N–H and O–H groups in total. The smallest absolute Gasteiger partial charge is 0.407 e. The van der Waals surface area contributed by atoms with Gasteiger partial charge in [-0.05, 0) is 69.0 Å². The van der Waals surface area contributed by atoms with Crippen molar-refractivity contribution >= 4 is 11.9 Å². The Labute approximate surface area is 160 Å². The van der Waals surface area contributed by atoms with E-state index >= 15 is 0 Å². The van der Waals surface area contributed by atoms with Crippen LogP contribution in [0.2, 0.25) is 0 Å². The summed E-state index contributed by atoms with van der Waals surface area (Å²) in [6.45, 7) is 7.35. The van der Waals surface area contributed by atoms with Crippen molar-refractivity contribution in [2.45, 2.75) is 39.2 Å². The number of nitrogens with zero attached hydrogens (tertiary/aromatic N) is 1. The Morgan fingerprint density at radius 2 is 2.00 bits per heavy atom. The van der Waals surface area contributed by atoms with Crippen molar-refractivity contribution in [1.29, 1.82) is 0 Å². The van der Waals surface area contributed by atoms with Crippen molar-refractivity contribution in [3.8, 4) is 16.9 Å². The van der Waals surface area contributed by atoms with Crippen LogP contribution < -0.4 is 15.4 Å². The highest BCUT2D eigenvalue weighted by Crippen LogP contribution is 2.30. The van der Waals surface area contributed by atoms with Crippen molar-refractivity contribution in [1.82, 2.24) is 10.3 Å². The van der Waals surface area contributed by atoms with Gasteiger partial charge in [-0.15, -0.1) is 0 Å². The average Bonchev–Trinajstić information content (AvgIpc) is 2.64. The second kappa shape index (κ2) is 8.29. The second-order valence-electron chi connectivity index (χ2n) is 7.56. The monoisotopic (exact) mass is 369 g/mol. The molecule has 0 unspecified atom stereocenters. The molecule has 0 aliphatic carbocycles. The topological polar surface area (TPSA) is 72.5 Å². The standard InChI is InChI=1S/C21H27N3O3/c1-21(2,3)27-20(25)23-11-10-22-19-9-7-17(14-24-19)15-6-8-18-16(13-15)5-4-12-26-18/h6-9,13-14H,4-5,10-12H2,1-3H3,(H,22,24)(H,23,25). The average molecular weight is 369 g/mol. The zero-order chi connectivity index (χ0) is 19.3. The molecule has 27 heavy (non-hydrogen) atoms. The molecular weight excluding hydrogens is 342 g/mol. The molecule has 1 aromatic heterocycles. The summed E-state index contributed by atoms with van der Waals surface area (Å²) in [6.07, 6.45) is 3.56. The summed E-state index contributed by atoms with van der Waals surface area (Å²) >= 11 is 0. The number of fused-ring (bicyclic) bond motifs is 1. The van der Waals surface area contributed by atoms with Crippen LogP contribution in [0.1, 0.15) is 32.8 Å². The van der Waals surface area contributed by atoms with Gasteiger partial charge >= 0.3 is 6.09 Å². The molecule has 1 aliphatic rings. The largest absolute Gasteiger partial charge is 0.493 e. The van der Waals surface area contributed by atoms with E-state index in [0.717, 1.165) is 42.1 Å². The van der Waals surface area contributed by atoms with Crippen LogP contribution in [0.25, 0.3) is 11.1 Å². The Morgan fingerprint density at radius 1 is 1.19 bits per heavy atom. The van der Waals surface area contributed by atoms with E-state index in [1.165, 1.54) is 5.56 Å². The number of benzene rings is 1. The molecule has 1 aliphatic heterocycles. The van der Waals surface area contributed by atoms with Gasteiger partial charge in [-0.2, -0.15) is 0 Å². The van der Waals surface area contributed by atoms with E-state index in [1.54, 1.807) is 0 Å². The minimum absolute atomic E-state index is 0.413. The number of ether oxygens (including phenoxy) is 2. The second-order valence-corrected chi connectivity index (χ2v) is 7.56. The van der Waals surface area contributed by atoms with Crippen LogP contribution in [0, 0.1) is 0 Å². The van der Waals surface area contributed by atoms with Crippen LogP contribution >= 0.6 is 0 Å². The molecule has 1 aromatic carbocycles. The Bertz CT molecular complexity index is 782. The van der Waals surface area contributed by atoms with Crippen molar-refractivity contribution in [2.75, 3.05) is 25.0 Å². The number of pyridine rings is 1. The zero-order valence-corrected chi connectivity index (χ0v) is 16.2. The predicted molar refractivity (Wildman–Crippen MR) is 106 cm³/mol. The molecule has 3 rings (SSSR count). The number of anilines is 1. The van der Waals surface area contributed by atoms with Gasteiger partial charge in [0.1, 0.15) is 17.2 Å². The van der Waals surface area contributed by atoms with Crippen LogP contribution in [0.15, 0.2) is 36.5 Å². The Morgan fingerprint density at radius 3 is 2.74 bits per heavy atom. The summed E-state index contributed by atoms with van der Waals surface area (Å²) < 4.78 is 10.9. The van der Waals surface area contributed by atoms with Gasteiger partial charge in [0.15, 0.2) is 0 Å². The van der Waals surface area contributed by atoms with Gasteiger partial charge in [0.2, 0.25) is 0 Å². The fourth-order valence-electron chi connectivity index (χ4n) is 2.88. The fourth-order valence-corrected chi connectivity index (χ4v) is 2.88. The van der Waals surface area contributed by atoms with E-state index in [-0.39, 0.29) is 0 Å². The van der Waals surface area contributed by atoms with Crippen molar-refractivity contribution in [3.05, 3.63) is 42.1 Å². The van der Waals surface area contributed by atoms with Crippen molar-refractivity contribution in [3.63, 3.8) is 0 Å². The third-order valence-electron chi connectivity index (χ3n) is 4.10. The van der Waals surface area contributed by atoms with E-state index in [2.05, 4.69) is 27.8 Å². The SMILES string of the molecule is CC(C)(C)OC(=O)NCCNc1ccc(-c2ccc3c(c2)CCCO3)cn1. The molecule has 0 atom stereocenters. The summed E-state index contributed by atoms with van der Waals surface area (Å²) in [7, 11) is 0. The number of carbonyl (C=O) groups is 1. The number of aryl methyl sites for hydroxylation is 1. The Hall–Kier alpha value is -2.76. The summed E-state index contributed by atoms with van der Waals surface area (Å²) in [5.41, 5.74) is 2.98. The predicted octanol–water partition coefficient (Wildman–Crippen LogP) is 4.01. The summed E-state index contributed by atoms with van der Waals surface area (Å²) in [5, 5.41) is 5.90. The lowest BCUT2D eigenvalue weighted by atomic mass is 10.00. The Kier molecular flexibility index (Phi) is 5.84. The Balaban J connectivity index is 1.50. The molecule has 1 amide bonds. The van der Waals surface area contributed by atoms with Crippen LogP contribution in [0.4, 0.5) is 10.6 Å². The number of aromatic nitrogens is 1. The van der Waals surface area contributed by atoms with Crippen LogP contribution in [0.3, 0.4) is 0 Å². The molecule has 6 nitrogen and oxygen atoms in total. The molecule has 0 saturated heterocycles. The fraction of sp³-hybridized carbons (Fsp3) is 0.429. The van der Waals surface area contributed by atoms with Crippen LogP contribution in [-0.2, 0) is 11.2 Å². The van der Waals surface area contributed by atoms with E-state index in [1.807, 2.05) is 45.2 Å². The molecule has 0 radical (unpaired) electrons. The van der Waals surface area contributed by atoms with E-state index in [4.69, 9.17) is 9.47 Å². The third kappa shape index (κ3) is 5.61. The van der Waals surface area contributed by atoms with Crippen LogP contribution in [-0.4, -0.2) is 36.4 Å². The van der Waals surface area contributed by atoms with Gasteiger partial charge in [0.25, 0.3) is 0 Å². The minimum Gasteiger partial charge on any atom is -0.493 e. The van der Waals surface area contributed by atoms with Crippen molar-refractivity contribution in [2.24, 2.45) is 0 Å². The molecule has 0 fully saturated rings. The summed E-state index contributed by atoms with van der Waals surface area (Å²) in [6, 6.07) is 10.3. The van der Waals surface area contributed by atoms with Gasteiger partial charge in [-0.3, -0.25) is 0 Å². The summed E-state index contributed by atoms with van der Waals surface area (Å²) in [5.74, 6) is 1.76. The molecule has 6 heteroatoms. The first-order valence-corrected chi connectivity index (χ1v) is 9.34. The van der Waals surface area contributed by atoms with Crippen LogP contribution in [0.5, 0.6) is 5.75 Å². The molecule has 0 saturated carbocycles. The van der Waals surface area contributed by atoms with Gasteiger partial charge < -0.3 is 20.1 Å². The number of alkyl carbamates (subject to hydrolysis) is 1. The normalized spacial score (nSPS) is 13.3. The van der Waals surface area contributed by atoms with Gasteiger partial charge in [0, 0.05) is 24.8 Å². The first kappa shape index (κ1) is 19.0. The lowest BCUT2D eigenvalue weighted by Crippen LogP contribution is -2.35. The maximum Gasteiger partial charge on any atom is 0.407 e. The maximum atomic E-state index is 11.6. The van der Waals surface area contributed by atoms with Gasteiger partial charge in [-0.25, -0.2) is 9.78 Å². The molecule has 0 spiro atoms. The number of amides is 1. The lowest BCUT2D eigenvalue weighted by molar-refractivity contribution is 0.0530.